The minimum absolute atomic E-state index is 0.0130. The first-order valence-electron chi connectivity index (χ1n) is 6.11. The maximum absolute atomic E-state index is 13.8. The van der Waals surface area contributed by atoms with Gasteiger partial charge in [-0.3, -0.25) is 0 Å². The second-order valence-corrected chi connectivity index (χ2v) is 5.17. The predicted octanol–water partition coefficient (Wildman–Crippen LogP) is 5.21. The second kappa shape index (κ2) is 6.44. The summed E-state index contributed by atoms with van der Waals surface area (Å²) in [4.78, 5) is 0. The van der Waals surface area contributed by atoms with Gasteiger partial charge >= 0.3 is 0 Å². The molecular formula is C15H14Cl2FNO. The molecule has 2 rings (SSSR count). The van der Waals surface area contributed by atoms with Crippen molar-refractivity contribution < 1.29 is 9.13 Å². The van der Waals surface area contributed by atoms with Crippen molar-refractivity contribution in [3.05, 3.63) is 57.8 Å². The molecule has 5 heteroatoms. The third kappa shape index (κ3) is 3.23. The van der Waals surface area contributed by atoms with E-state index >= 15 is 0 Å². The van der Waals surface area contributed by atoms with Gasteiger partial charge in [0.25, 0.3) is 0 Å². The summed E-state index contributed by atoms with van der Waals surface area (Å²) in [5, 5.41) is 3.55. The number of rotatable bonds is 4. The Bertz CT molecular complexity index is 619. The number of hydrogen-bond acceptors (Lipinski definition) is 2. The largest absolute Gasteiger partial charge is 0.453 e. The Morgan fingerprint density at radius 2 is 1.85 bits per heavy atom. The standard InChI is InChI=1S/C15H14Cl2FNO/c1-9(19-2)10-6-7-13(12(17)8-10)20-14-5-3-4-11(16)15(14)18/h3-9,19H,1-2H3. The van der Waals surface area contributed by atoms with Crippen LogP contribution in [0.15, 0.2) is 36.4 Å². The molecule has 0 radical (unpaired) electrons. The third-order valence-corrected chi connectivity index (χ3v) is 3.61. The smallest absolute Gasteiger partial charge is 0.184 e. The highest BCUT2D eigenvalue weighted by Gasteiger charge is 2.12. The van der Waals surface area contributed by atoms with Crippen molar-refractivity contribution in [3.8, 4) is 11.5 Å². The highest BCUT2D eigenvalue weighted by Crippen LogP contribution is 2.34. The molecule has 2 aromatic rings. The van der Waals surface area contributed by atoms with Crippen LogP contribution in [0.5, 0.6) is 11.5 Å². The number of nitrogens with one attached hydrogen (secondary N) is 1. The van der Waals surface area contributed by atoms with E-state index in [1.165, 1.54) is 12.1 Å². The van der Waals surface area contributed by atoms with Crippen molar-refractivity contribution in [2.45, 2.75) is 13.0 Å². The fraction of sp³-hybridized carbons (Fsp3) is 0.200. The average Bonchev–Trinajstić information content (AvgIpc) is 2.45. The van der Waals surface area contributed by atoms with Gasteiger partial charge in [-0.2, -0.15) is 0 Å². The first-order chi connectivity index (χ1) is 9.52. The molecule has 1 atom stereocenters. The summed E-state index contributed by atoms with van der Waals surface area (Å²) in [5.41, 5.74) is 1.02. The van der Waals surface area contributed by atoms with Crippen molar-refractivity contribution in [2.24, 2.45) is 0 Å². The van der Waals surface area contributed by atoms with Gasteiger partial charge in [-0.05, 0) is 43.8 Å². The molecule has 2 aromatic carbocycles. The van der Waals surface area contributed by atoms with Crippen LogP contribution in [0.2, 0.25) is 10.0 Å². The van der Waals surface area contributed by atoms with Crippen molar-refractivity contribution in [1.82, 2.24) is 5.32 Å². The van der Waals surface area contributed by atoms with Crippen LogP contribution in [-0.2, 0) is 0 Å². The molecule has 0 amide bonds. The summed E-state index contributed by atoms with van der Waals surface area (Å²) in [6.07, 6.45) is 0. The van der Waals surface area contributed by atoms with Crippen molar-refractivity contribution in [2.75, 3.05) is 7.05 Å². The minimum atomic E-state index is -0.599. The van der Waals surface area contributed by atoms with Gasteiger partial charge in [0.2, 0.25) is 0 Å². The predicted molar refractivity (Wildman–Crippen MR) is 80.4 cm³/mol. The summed E-state index contributed by atoms with van der Waals surface area (Å²) >= 11 is 11.9. The normalized spacial score (nSPS) is 12.2. The van der Waals surface area contributed by atoms with Crippen LogP contribution in [0.25, 0.3) is 0 Å². The lowest BCUT2D eigenvalue weighted by atomic mass is 10.1. The van der Waals surface area contributed by atoms with E-state index in [4.69, 9.17) is 27.9 Å². The first kappa shape index (κ1) is 15.1. The van der Waals surface area contributed by atoms with Gasteiger partial charge in [-0.1, -0.05) is 35.3 Å². The zero-order valence-electron chi connectivity index (χ0n) is 11.1. The van der Waals surface area contributed by atoms with Crippen LogP contribution in [0.3, 0.4) is 0 Å². The Morgan fingerprint density at radius 1 is 1.10 bits per heavy atom. The molecule has 0 heterocycles. The van der Waals surface area contributed by atoms with Gasteiger partial charge in [-0.15, -0.1) is 0 Å². The van der Waals surface area contributed by atoms with Crippen LogP contribution in [0, 0.1) is 5.82 Å². The van der Waals surface area contributed by atoms with Crippen LogP contribution in [0.4, 0.5) is 4.39 Å². The van der Waals surface area contributed by atoms with E-state index in [2.05, 4.69) is 5.32 Å². The molecule has 20 heavy (non-hydrogen) atoms. The summed E-state index contributed by atoms with van der Waals surface area (Å²) < 4.78 is 19.2. The molecule has 1 unspecified atom stereocenters. The molecular weight excluding hydrogens is 300 g/mol. The molecule has 2 nitrogen and oxygen atoms in total. The SMILES string of the molecule is CNC(C)c1ccc(Oc2cccc(Cl)c2F)c(Cl)c1. The fourth-order valence-electron chi connectivity index (χ4n) is 1.72. The molecule has 106 valence electrons. The molecule has 0 spiro atoms. The van der Waals surface area contributed by atoms with E-state index in [0.29, 0.717) is 10.8 Å². The van der Waals surface area contributed by atoms with E-state index < -0.39 is 5.82 Å². The minimum Gasteiger partial charge on any atom is -0.453 e. The lowest BCUT2D eigenvalue weighted by Crippen LogP contribution is -2.12. The van der Waals surface area contributed by atoms with E-state index in [9.17, 15) is 4.39 Å². The number of halogens is 3. The molecule has 0 aliphatic carbocycles. The summed E-state index contributed by atoms with van der Waals surface area (Å²) in [6.45, 7) is 2.02. The highest BCUT2D eigenvalue weighted by molar-refractivity contribution is 6.32. The molecule has 0 bridgehead atoms. The van der Waals surface area contributed by atoms with E-state index in [0.717, 1.165) is 5.56 Å². The van der Waals surface area contributed by atoms with Gasteiger partial charge in [0, 0.05) is 6.04 Å². The van der Waals surface area contributed by atoms with Crippen LogP contribution in [0.1, 0.15) is 18.5 Å². The topological polar surface area (TPSA) is 21.3 Å². The first-order valence-corrected chi connectivity index (χ1v) is 6.87. The summed E-state index contributed by atoms with van der Waals surface area (Å²) in [7, 11) is 1.87. The molecule has 0 saturated heterocycles. The van der Waals surface area contributed by atoms with Crippen LogP contribution >= 0.6 is 23.2 Å². The Hall–Kier alpha value is -1.29. The monoisotopic (exact) mass is 313 g/mol. The zero-order valence-corrected chi connectivity index (χ0v) is 12.6. The molecule has 0 aliphatic rings. The highest BCUT2D eigenvalue weighted by atomic mass is 35.5. The maximum atomic E-state index is 13.8. The van der Waals surface area contributed by atoms with Crippen molar-refractivity contribution in [1.29, 1.82) is 0 Å². The summed E-state index contributed by atoms with van der Waals surface area (Å²) in [5.74, 6) is -0.161. The zero-order chi connectivity index (χ0) is 14.7. The van der Waals surface area contributed by atoms with Gasteiger partial charge < -0.3 is 10.1 Å². The lowest BCUT2D eigenvalue weighted by molar-refractivity contribution is 0.442. The lowest BCUT2D eigenvalue weighted by Gasteiger charge is -2.13. The van der Waals surface area contributed by atoms with Crippen molar-refractivity contribution >= 4 is 23.2 Å². The fourth-order valence-corrected chi connectivity index (χ4v) is 2.11. The Kier molecular flexibility index (Phi) is 4.86. The molecule has 0 aliphatic heterocycles. The number of benzene rings is 2. The Labute approximate surface area is 127 Å². The summed E-state index contributed by atoms with van der Waals surface area (Å²) in [6, 6.07) is 10.1. The average molecular weight is 314 g/mol. The number of ether oxygens (including phenoxy) is 1. The quantitative estimate of drug-likeness (QED) is 0.837. The molecule has 1 N–H and O–H groups in total. The van der Waals surface area contributed by atoms with Gasteiger partial charge in [0.1, 0.15) is 5.75 Å². The number of hydrogen-bond donors (Lipinski definition) is 1. The molecule has 0 fully saturated rings. The van der Waals surface area contributed by atoms with Gasteiger partial charge in [0.05, 0.1) is 10.0 Å². The third-order valence-electron chi connectivity index (χ3n) is 3.03. The Morgan fingerprint density at radius 3 is 2.50 bits per heavy atom. The van der Waals surface area contributed by atoms with Crippen LogP contribution in [-0.4, -0.2) is 7.05 Å². The van der Waals surface area contributed by atoms with E-state index in [1.54, 1.807) is 18.2 Å². The second-order valence-electron chi connectivity index (χ2n) is 4.35. The van der Waals surface area contributed by atoms with Crippen molar-refractivity contribution in [3.63, 3.8) is 0 Å². The van der Waals surface area contributed by atoms with Gasteiger partial charge in [-0.25, -0.2) is 4.39 Å². The molecule has 0 saturated carbocycles. The maximum Gasteiger partial charge on any atom is 0.184 e. The van der Waals surface area contributed by atoms with E-state index in [-0.39, 0.29) is 16.8 Å². The van der Waals surface area contributed by atoms with E-state index in [1.807, 2.05) is 20.0 Å². The van der Waals surface area contributed by atoms with Gasteiger partial charge in [0.15, 0.2) is 11.6 Å². The Balaban J connectivity index is 2.28. The molecule has 0 aromatic heterocycles. The van der Waals surface area contributed by atoms with Crippen LogP contribution < -0.4 is 10.1 Å².